The van der Waals surface area contributed by atoms with E-state index < -0.39 is 11.6 Å². The number of carbonyl (C=O) groups excluding carboxylic acids is 1. The number of oxazole rings is 1. The SMILES string of the molecule is CN(C)c1ccc(NC(=O)CCc2ncc(-c3ccc(F)cc3F)o2)cn1. The van der Waals surface area contributed by atoms with Crippen LogP contribution in [0.3, 0.4) is 0 Å². The summed E-state index contributed by atoms with van der Waals surface area (Å²) in [6, 6.07) is 6.77. The quantitative estimate of drug-likeness (QED) is 0.715. The van der Waals surface area contributed by atoms with Crippen LogP contribution >= 0.6 is 0 Å². The fourth-order valence-corrected chi connectivity index (χ4v) is 2.41. The molecule has 0 aliphatic carbocycles. The van der Waals surface area contributed by atoms with Crippen molar-refractivity contribution in [3.8, 4) is 11.3 Å². The minimum absolute atomic E-state index is 0.117. The van der Waals surface area contributed by atoms with Crippen molar-refractivity contribution in [1.29, 1.82) is 0 Å². The normalized spacial score (nSPS) is 10.7. The summed E-state index contributed by atoms with van der Waals surface area (Å²) < 4.78 is 32.2. The lowest BCUT2D eigenvalue weighted by Crippen LogP contribution is -2.14. The fourth-order valence-electron chi connectivity index (χ4n) is 2.41. The summed E-state index contributed by atoms with van der Waals surface area (Å²) in [5, 5.41) is 2.74. The molecule has 0 unspecified atom stereocenters. The highest BCUT2D eigenvalue weighted by atomic mass is 19.1. The number of amides is 1. The molecule has 3 aromatic rings. The summed E-state index contributed by atoms with van der Waals surface area (Å²) in [6.45, 7) is 0. The highest BCUT2D eigenvalue weighted by Crippen LogP contribution is 2.24. The summed E-state index contributed by atoms with van der Waals surface area (Å²) in [6.07, 6.45) is 3.32. The Hall–Kier alpha value is -3.29. The summed E-state index contributed by atoms with van der Waals surface area (Å²) in [7, 11) is 3.76. The maximum absolute atomic E-state index is 13.8. The van der Waals surface area contributed by atoms with E-state index in [1.807, 2.05) is 19.0 Å². The van der Waals surface area contributed by atoms with Gasteiger partial charge >= 0.3 is 0 Å². The minimum Gasteiger partial charge on any atom is -0.441 e. The smallest absolute Gasteiger partial charge is 0.224 e. The van der Waals surface area contributed by atoms with Crippen molar-refractivity contribution >= 4 is 17.4 Å². The van der Waals surface area contributed by atoms with E-state index in [1.54, 1.807) is 18.3 Å². The topological polar surface area (TPSA) is 71.3 Å². The number of hydrogen-bond acceptors (Lipinski definition) is 5. The lowest BCUT2D eigenvalue weighted by Gasteiger charge is -2.11. The van der Waals surface area contributed by atoms with Crippen LogP contribution < -0.4 is 10.2 Å². The highest BCUT2D eigenvalue weighted by Gasteiger charge is 2.13. The average molecular weight is 372 g/mol. The van der Waals surface area contributed by atoms with Gasteiger partial charge in [0.25, 0.3) is 0 Å². The van der Waals surface area contributed by atoms with Crippen LogP contribution in [-0.2, 0) is 11.2 Å². The monoisotopic (exact) mass is 372 g/mol. The zero-order valence-corrected chi connectivity index (χ0v) is 14.9. The molecule has 1 aromatic carbocycles. The van der Waals surface area contributed by atoms with Gasteiger partial charge in [-0.25, -0.2) is 18.7 Å². The minimum atomic E-state index is -0.732. The van der Waals surface area contributed by atoms with Crippen LogP contribution in [-0.4, -0.2) is 30.0 Å². The Balaban J connectivity index is 1.57. The van der Waals surface area contributed by atoms with Gasteiger partial charge in [0.2, 0.25) is 5.91 Å². The number of hydrogen-bond donors (Lipinski definition) is 1. The van der Waals surface area contributed by atoms with Crippen LogP contribution in [0.2, 0.25) is 0 Å². The largest absolute Gasteiger partial charge is 0.441 e. The number of benzene rings is 1. The van der Waals surface area contributed by atoms with E-state index in [2.05, 4.69) is 15.3 Å². The predicted molar refractivity (Wildman–Crippen MR) is 97.4 cm³/mol. The molecule has 1 amide bonds. The summed E-state index contributed by atoms with van der Waals surface area (Å²) in [5.41, 5.74) is 0.707. The van der Waals surface area contributed by atoms with Crippen LogP contribution in [0, 0.1) is 11.6 Å². The van der Waals surface area contributed by atoms with Crippen molar-refractivity contribution in [2.24, 2.45) is 0 Å². The third kappa shape index (κ3) is 4.66. The van der Waals surface area contributed by atoms with Gasteiger partial charge in [0.05, 0.1) is 23.6 Å². The Morgan fingerprint density at radius 3 is 2.63 bits per heavy atom. The van der Waals surface area contributed by atoms with Crippen molar-refractivity contribution in [2.45, 2.75) is 12.8 Å². The van der Waals surface area contributed by atoms with E-state index in [0.717, 1.165) is 18.0 Å². The summed E-state index contributed by atoms with van der Waals surface area (Å²) in [5.74, 6) is -0.350. The van der Waals surface area contributed by atoms with Gasteiger partial charge in [0.15, 0.2) is 11.7 Å². The zero-order valence-electron chi connectivity index (χ0n) is 14.9. The van der Waals surface area contributed by atoms with Crippen molar-refractivity contribution in [2.75, 3.05) is 24.3 Å². The standard InChI is InChI=1S/C19H18F2N4O2/c1-25(2)17-6-4-13(10-22-17)24-18(26)7-8-19-23-11-16(27-19)14-5-3-12(20)9-15(14)21/h3-6,9-11H,7-8H2,1-2H3,(H,24,26). The molecule has 2 heterocycles. The summed E-state index contributed by atoms with van der Waals surface area (Å²) >= 11 is 0. The number of rotatable bonds is 6. The van der Waals surface area contributed by atoms with Gasteiger partial charge < -0.3 is 14.6 Å². The molecule has 0 aliphatic heterocycles. The highest BCUT2D eigenvalue weighted by molar-refractivity contribution is 5.90. The molecule has 0 spiro atoms. The fraction of sp³-hybridized carbons (Fsp3) is 0.211. The Morgan fingerprint density at radius 2 is 1.96 bits per heavy atom. The molecule has 0 fully saturated rings. The molecule has 0 saturated heterocycles. The van der Waals surface area contributed by atoms with Gasteiger partial charge in [-0.05, 0) is 24.3 Å². The van der Waals surface area contributed by atoms with Gasteiger partial charge in [-0.2, -0.15) is 0 Å². The van der Waals surface area contributed by atoms with Gasteiger partial charge in [-0.3, -0.25) is 4.79 Å². The molecule has 0 radical (unpaired) electrons. The first-order valence-corrected chi connectivity index (χ1v) is 8.26. The van der Waals surface area contributed by atoms with Gasteiger partial charge in [0.1, 0.15) is 17.5 Å². The van der Waals surface area contributed by atoms with E-state index in [1.165, 1.54) is 12.3 Å². The number of nitrogens with zero attached hydrogens (tertiary/aromatic N) is 3. The maximum Gasteiger partial charge on any atom is 0.224 e. The first-order chi connectivity index (χ1) is 12.9. The van der Waals surface area contributed by atoms with Crippen LogP contribution in [0.25, 0.3) is 11.3 Å². The number of carbonyl (C=O) groups is 1. The van der Waals surface area contributed by atoms with E-state index in [4.69, 9.17) is 4.42 Å². The average Bonchev–Trinajstić information content (AvgIpc) is 3.09. The number of aromatic nitrogens is 2. The molecule has 0 atom stereocenters. The second-order valence-corrected chi connectivity index (χ2v) is 6.09. The molecule has 0 bridgehead atoms. The van der Waals surface area contributed by atoms with Crippen LogP contribution in [0.15, 0.2) is 47.1 Å². The Bertz CT molecular complexity index is 939. The van der Waals surface area contributed by atoms with E-state index in [-0.39, 0.29) is 30.1 Å². The van der Waals surface area contributed by atoms with Gasteiger partial charge in [0, 0.05) is 33.0 Å². The third-order valence-corrected chi connectivity index (χ3v) is 3.81. The van der Waals surface area contributed by atoms with Crippen LogP contribution in [0.4, 0.5) is 20.3 Å². The van der Waals surface area contributed by atoms with Crippen molar-refractivity contribution < 1.29 is 18.0 Å². The Morgan fingerprint density at radius 1 is 1.15 bits per heavy atom. The van der Waals surface area contributed by atoms with E-state index in [0.29, 0.717) is 11.6 Å². The number of aryl methyl sites for hydroxylation is 1. The number of nitrogens with one attached hydrogen (secondary N) is 1. The zero-order chi connectivity index (χ0) is 19.4. The number of anilines is 2. The van der Waals surface area contributed by atoms with Crippen LogP contribution in [0.1, 0.15) is 12.3 Å². The molecular formula is C19H18F2N4O2. The second-order valence-electron chi connectivity index (χ2n) is 6.09. The van der Waals surface area contributed by atoms with E-state index in [9.17, 15) is 13.6 Å². The first-order valence-electron chi connectivity index (χ1n) is 8.26. The molecule has 140 valence electrons. The number of halogens is 2. The first kappa shape index (κ1) is 18.5. The molecule has 0 saturated carbocycles. The molecule has 8 heteroatoms. The summed E-state index contributed by atoms with van der Waals surface area (Å²) in [4.78, 5) is 22.2. The third-order valence-electron chi connectivity index (χ3n) is 3.81. The van der Waals surface area contributed by atoms with Crippen molar-refractivity contribution in [1.82, 2.24) is 9.97 Å². The Labute approximate surface area is 154 Å². The Kier molecular flexibility index (Phi) is 5.44. The molecule has 3 rings (SSSR count). The molecule has 6 nitrogen and oxygen atoms in total. The lowest BCUT2D eigenvalue weighted by molar-refractivity contribution is -0.116. The van der Waals surface area contributed by atoms with Crippen LogP contribution in [0.5, 0.6) is 0 Å². The molecule has 27 heavy (non-hydrogen) atoms. The number of pyridine rings is 1. The van der Waals surface area contributed by atoms with E-state index >= 15 is 0 Å². The van der Waals surface area contributed by atoms with Crippen molar-refractivity contribution in [3.63, 3.8) is 0 Å². The lowest BCUT2D eigenvalue weighted by atomic mass is 10.2. The predicted octanol–water partition coefficient (Wildman–Crippen LogP) is 3.65. The second kappa shape index (κ2) is 7.94. The van der Waals surface area contributed by atoms with Gasteiger partial charge in [-0.1, -0.05) is 0 Å². The molecule has 2 aromatic heterocycles. The molecule has 0 aliphatic rings. The maximum atomic E-state index is 13.8. The van der Waals surface area contributed by atoms with Crippen molar-refractivity contribution in [3.05, 3.63) is 60.3 Å². The van der Waals surface area contributed by atoms with Gasteiger partial charge in [-0.15, -0.1) is 0 Å². The molecule has 1 N–H and O–H groups in total. The molecular weight excluding hydrogens is 354 g/mol.